The average Bonchev–Trinajstić information content (AvgIpc) is 2.75. The van der Waals surface area contributed by atoms with E-state index in [-0.39, 0.29) is 12.6 Å². The first kappa shape index (κ1) is 20.8. The third-order valence-corrected chi connectivity index (χ3v) is 4.67. The van der Waals surface area contributed by atoms with Crippen LogP contribution in [0, 0.1) is 6.92 Å². The van der Waals surface area contributed by atoms with Crippen LogP contribution in [0.3, 0.4) is 0 Å². The third-order valence-electron chi connectivity index (χ3n) is 4.67. The zero-order valence-electron chi connectivity index (χ0n) is 17.1. The first-order chi connectivity index (χ1) is 14.2. The molecular formula is C25H26O4. The highest BCUT2D eigenvalue weighted by atomic mass is 17.2. The van der Waals surface area contributed by atoms with Gasteiger partial charge in [-0.1, -0.05) is 54.6 Å². The van der Waals surface area contributed by atoms with E-state index in [0.717, 1.165) is 33.4 Å². The molecule has 4 heteroatoms. The summed E-state index contributed by atoms with van der Waals surface area (Å²) in [6.07, 6.45) is 0. The van der Waals surface area contributed by atoms with Crippen LogP contribution in [0.2, 0.25) is 0 Å². The van der Waals surface area contributed by atoms with E-state index in [1.807, 2.05) is 87.5 Å². The maximum absolute atomic E-state index is 12.8. The maximum atomic E-state index is 12.8. The Bertz CT molecular complexity index is 964. The van der Waals surface area contributed by atoms with E-state index in [0.29, 0.717) is 18.8 Å². The van der Waals surface area contributed by atoms with Crippen LogP contribution in [0.25, 0.3) is 22.3 Å². The van der Waals surface area contributed by atoms with Crippen LogP contribution in [0.4, 0.5) is 0 Å². The summed E-state index contributed by atoms with van der Waals surface area (Å²) >= 11 is 0. The van der Waals surface area contributed by atoms with Crippen molar-refractivity contribution in [2.45, 2.75) is 27.4 Å². The summed E-state index contributed by atoms with van der Waals surface area (Å²) < 4.78 is 5.36. The van der Waals surface area contributed by atoms with Crippen LogP contribution < -0.4 is 0 Å². The van der Waals surface area contributed by atoms with Crippen LogP contribution in [-0.4, -0.2) is 19.2 Å². The Morgan fingerprint density at radius 3 is 2.21 bits per heavy atom. The van der Waals surface area contributed by atoms with Crippen LogP contribution in [0.1, 0.15) is 35.3 Å². The lowest BCUT2D eigenvalue weighted by Crippen LogP contribution is -2.09. The quantitative estimate of drug-likeness (QED) is 0.206. The van der Waals surface area contributed by atoms with Crippen molar-refractivity contribution in [3.8, 4) is 22.3 Å². The predicted molar refractivity (Wildman–Crippen MR) is 114 cm³/mol. The lowest BCUT2D eigenvalue weighted by molar-refractivity contribution is -0.300. The average molecular weight is 390 g/mol. The smallest absolute Gasteiger partial charge is 0.338 e. The topological polar surface area (TPSA) is 44.8 Å². The number of aryl methyl sites for hydroxylation is 1. The Morgan fingerprint density at radius 2 is 1.52 bits per heavy atom. The van der Waals surface area contributed by atoms with Crippen LogP contribution >= 0.6 is 0 Å². The number of rotatable bonds is 8. The summed E-state index contributed by atoms with van der Waals surface area (Å²) in [6.45, 7) is 6.79. The van der Waals surface area contributed by atoms with Gasteiger partial charge in [-0.2, -0.15) is 0 Å². The first-order valence-corrected chi connectivity index (χ1v) is 9.85. The van der Waals surface area contributed by atoms with Crippen molar-refractivity contribution < 1.29 is 19.3 Å². The molecule has 0 aliphatic heterocycles. The Balaban J connectivity index is 2.22. The molecule has 0 bridgehead atoms. The number of ether oxygens (including phenoxy) is 1. The van der Waals surface area contributed by atoms with Crippen molar-refractivity contribution in [2.75, 3.05) is 13.2 Å². The number of hydrogen-bond donors (Lipinski definition) is 0. The zero-order valence-corrected chi connectivity index (χ0v) is 17.1. The SMILES string of the molecule is CCOOCc1cc(-c2ccccc2C)c(C(=O)OCC)cc1-c1ccccc1. The van der Waals surface area contributed by atoms with Gasteiger partial charge in [-0.05, 0) is 66.3 Å². The monoisotopic (exact) mass is 390 g/mol. The molecule has 0 fully saturated rings. The molecule has 150 valence electrons. The maximum Gasteiger partial charge on any atom is 0.338 e. The number of carbonyl (C=O) groups excluding carboxylic acids is 1. The molecule has 0 aliphatic carbocycles. The van der Waals surface area contributed by atoms with E-state index in [1.165, 1.54) is 0 Å². The van der Waals surface area contributed by atoms with E-state index in [1.54, 1.807) is 0 Å². The minimum atomic E-state index is -0.333. The Labute approximate surface area is 172 Å². The van der Waals surface area contributed by atoms with E-state index >= 15 is 0 Å². The molecule has 0 heterocycles. The Kier molecular flexibility index (Phi) is 7.17. The second kappa shape index (κ2) is 10.0. The zero-order chi connectivity index (χ0) is 20.6. The van der Waals surface area contributed by atoms with Gasteiger partial charge >= 0.3 is 5.97 Å². The fourth-order valence-corrected chi connectivity index (χ4v) is 3.31. The van der Waals surface area contributed by atoms with Gasteiger partial charge in [0.25, 0.3) is 0 Å². The largest absolute Gasteiger partial charge is 0.462 e. The van der Waals surface area contributed by atoms with Crippen molar-refractivity contribution in [3.63, 3.8) is 0 Å². The molecular weight excluding hydrogens is 364 g/mol. The van der Waals surface area contributed by atoms with Crippen LogP contribution in [0.5, 0.6) is 0 Å². The van der Waals surface area contributed by atoms with Gasteiger partial charge in [0, 0.05) is 0 Å². The van der Waals surface area contributed by atoms with Gasteiger partial charge in [-0.3, -0.25) is 0 Å². The van der Waals surface area contributed by atoms with E-state index in [2.05, 4.69) is 0 Å². The third kappa shape index (κ3) is 4.91. The van der Waals surface area contributed by atoms with Crippen molar-refractivity contribution in [3.05, 3.63) is 83.4 Å². The van der Waals surface area contributed by atoms with Crippen molar-refractivity contribution >= 4 is 5.97 Å². The number of hydrogen-bond acceptors (Lipinski definition) is 4. The van der Waals surface area contributed by atoms with Gasteiger partial charge in [-0.25, -0.2) is 14.6 Å². The number of benzene rings is 3. The van der Waals surface area contributed by atoms with Gasteiger partial charge in [0.2, 0.25) is 0 Å². The molecule has 0 saturated heterocycles. The molecule has 0 radical (unpaired) electrons. The molecule has 0 amide bonds. The highest BCUT2D eigenvalue weighted by Gasteiger charge is 2.20. The standard InChI is InChI=1S/C25H26O4/c1-4-27-25(26)24-16-22(19-12-7-6-8-13-19)20(17-29-28-5-2)15-23(24)21-14-10-9-11-18(21)3/h6-16H,4-5,17H2,1-3H3. The fraction of sp³-hybridized carbons (Fsp3) is 0.240. The Morgan fingerprint density at radius 1 is 0.793 bits per heavy atom. The molecule has 3 rings (SSSR count). The minimum Gasteiger partial charge on any atom is -0.462 e. The lowest BCUT2D eigenvalue weighted by atomic mass is 9.89. The van der Waals surface area contributed by atoms with E-state index in [4.69, 9.17) is 14.5 Å². The molecule has 0 unspecified atom stereocenters. The molecule has 0 aromatic heterocycles. The molecule has 0 N–H and O–H groups in total. The number of esters is 1. The summed E-state index contributed by atoms with van der Waals surface area (Å²) in [5, 5.41) is 0. The minimum absolute atomic E-state index is 0.278. The number of carbonyl (C=O) groups is 1. The second-order valence-corrected chi connectivity index (χ2v) is 6.63. The summed E-state index contributed by atoms with van der Waals surface area (Å²) in [7, 11) is 0. The van der Waals surface area contributed by atoms with E-state index < -0.39 is 0 Å². The van der Waals surface area contributed by atoms with Gasteiger partial charge in [0.1, 0.15) is 6.61 Å². The van der Waals surface area contributed by atoms with Crippen LogP contribution in [0.15, 0.2) is 66.7 Å². The molecule has 0 atom stereocenters. The molecule has 4 nitrogen and oxygen atoms in total. The summed E-state index contributed by atoms with van der Waals surface area (Å²) in [5.41, 5.74) is 6.32. The highest BCUT2D eigenvalue weighted by Crippen LogP contribution is 2.35. The lowest BCUT2D eigenvalue weighted by Gasteiger charge is -2.17. The van der Waals surface area contributed by atoms with Gasteiger partial charge in [0.05, 0.1) is 18.8 Å². The molecule has 0 aliphatic rings. The molecule has 3 aromatic carbocycles. The molecule has 0 saturated carbocycles. The molecule has 0 spiro atoms. The van der Waals surface area contributed by atoms with E-state index in [9.17, 15) is 4.79 Å². The van der Waals surface area contributed by atoms with Crippen molar-refractivity contribution in [1.29, 1.82) is 0 Å². The summed E-state index contributed by atoms with van der Waals surface area (Å²) in [5.74, 6) is -0.333. The second-order valence-electron chi connectivity index (χ2n) is 6.63. The summed E-state index contributed by atoms with van der Waals surface area (Å²) in [4.78, 5) is 23.3. The van der Waals surface area contributed by atoms with Crippen molar-refractivity contribution in [1.82, 2.24) is 0 Å². The van der Waals surface area contributed by atoms with Crippen LogP contribution in [-0.2, 0) is 21.1 Å². The summed E-state index contributed by atoms with van der Waals surface area (Å²) in [6, 6.07) is 21.9. The van der Waals surface area contributed by atoms with Gasteiger partial charge in [-0.15, -0.1) is 0 Å². The molecule has 3 aromatic rings. The Hall–Kier alpha value is -2.95. The predicted octanol–water partition coefficient (Wildman–Crippen LogP) is 5.97. The van der Waals surface area contributed by atoms with Crippen molar-refractivity contribution in [2.24, 2.45) is 0 Å². The molecule has 29 heavy (non-hydrogen) atoms. The van der Waals surface area contributed by atoms with Gasteiger partial charge in [0.15, 0.2) is 0 Å². The first-order valence-electron chi connectivity index (χ1n) is 9.85. The fourth-order valence-electron chi connectivity index (χ4n) is 3.31. The van der Waals surface area contributed by atoms with Gasteiger partial charge < -0.3 is 4.74 Å². The highest BCUT2D eigenvalue weighted by molar-refractivity contribution is 5.99. The normalized spacial score (nSPS) is 10.7.